The van der Waals surface area contributed by atoms with Crippen molar-refractivity contribution in [1.82, 2.24) is 9.80 Å². The highest BCUT2D eigenvalue weighted by Gasteiger charge is 2.24. The number of ketones is 1. The van der Waals surface area contributed by atoms with Gasteiger partial charge in [0.25, 0.3) is 0 Å². The minimum Gasteiger partial charge on any atom is -0.343 e. The van der Waals surface area contributed by atoms with Crippen LogP contribution in [0.1, 0.15) is 65.9 Å². The lowest BCUT2D eigenvalue weighted by molar-refractivity contribution is -0.132. The number of Topliss-reactive ketones (excluding diaryl/α,β-unsaturated/α-hetero) is 1. The average molecular weight is 439 g/mol. The smallest absolute Gasteiger partial charge is 0.223 e. The monoisotopic (exact) mass is 438 g/mol. The van der Waals surface area contributed by atoms with Crippen LogP contribution in [-0.2, 0) is 11.3 Å². The van der Waals surface area contributed by atoms with Crippen molar-refractivity contribution in [3.8, 4) is 0 Å². The molecule has 31 heavy (non-hydrogen) atoms. The normalized spacial score (nSPS) is 17.8. The minimum absolute atomic E-state index is 0.0529. The van der Waals surface area contributed by atoms with E-state index in [9.17, 15) is 9.59 Å². The van der Waals surface area contributed by atoms with Gasteiger partial charge in [0.2, 0.25) is 5.91 Å². The molecule has 2 aromatic carbocycles. The van der Waals surface area contributed by atoms with Gasteiger partial charge in [0.05, 0.1) is 0 Å². The summed E-state index contributed by atoms with van der Waals surface area (Å²) in [5.74, 6) is 0.618. The molecule has 0 atom stereocenters. The highest BCUT2D eigenvalue weighted by molar-refractivity contribution is 6.30. The summed E-state index contributed by atoms with van der Waals surface area (Å²) in [6.45, 7) is 4.80. The van der Waals surface area contributed by atoms with Gasteiger partial charge in [-0.15, -0.1) is 0 Å². The second-order valence-electron chi connectivity index (χ2n) is 8.81. The fraction of sp³-hybridized carbons (Fsp3) is 0.462. The molecule has 5 heteroatoms. The number of nitrogens with zero attached hydrogens (tertiary/aromatic N) is 2. The van der Waals surface area contributed by atoms with Gasteiger partial charge in [0.1, 0.15) is 0 Å². The Morgan fingerprint density at radius 2 is 1.48 bits per heavy atom. The molecule has 0 bridgehead atoms. The van der Waals surface area contributed by atoms with E-state index in [1.165, 1.54) is 37.1 Å². The summed E-state index contributed by atoms with van der Waals surface area (Å²) < 4.78 is 0. The number of likely N-dealkylation sites (tertiary alicyclic amines) is 2. The Morgan fingerprint density at radius 3 is 2.13 bits per heavy atom. The van der Waals surface area contributed by atoms with Crippen molar-refractivity contribution >= 4 is 23.3 Å². The summed E-state index contributed by atoms with van der Waals surface area (Å²) in [5, 5.41) is 0.752. The summed E-state index contributed by atoms with van der Waals surface area (Å²) >= 11 is 5.98. The zero-order valence-corrected chi connectivity index (χ0v) is 18.8. The molecule has 2 aromatic rings. The summed E-state index contributed by atoms with van der Waals surface area (Å²) in [6, 6.07) is 16.0. The number of halogens is 1. The molecule has 1 amide bonds. The molecule has 0 aliphatic carbocycles. The zero-order valence-electron chi connectivity index (χ0n) is 18.1. The first-order valence-corrected chi connectivity index (χ1v) is 11.8. The number of rotatable bonds is 7. The molecule has 4 rings (SSSR count). The van der Waals surface area contributed by atoms with Crippen molar-refractivity contribution in [3.63, 3.8) is 0 Å². The van der Waals surface area contributed by atoms with E-state index in [0.29, 0.717) is 17.9 Å². The Kier molecular flexibility index (Phi) is 7.41. The third-order valence-corrected chi connectivity index (χ3v) is 6.89. The van der Waals surface area contributed by atoms with E-state index in [0.717, 1.165) is 37.5 Å². The molecule has 2 aliphatic heterocycles. The molecule has 2 saturated heterocycles. The molecule has 0 radical (unpaired) electrons. The maximum absolute atomic E-state index is 12.6. The van der Waals surface area contributed by atoms with Crippen LogP contribution in [0.25, 0.3) is 0 Å². The molecule has 0 saturated carbocycles. The van der Waals surface area contributed by atoms with E-state index < -0.39 is 0 Å². The van der Waals surface area contributed by atoms with Crippen LogP contribution in [0.2, 0.25) is 5.02 Å². The van der Waals surface area contributed by atoms with Gasteiger partial charge < -0.3 is 4.90 Å². The minimum atomic E-state index is 0.0529. The molecular weight excluding hydrogens is 408 g/mol. The van der Waals surface area contributed by atoms with Crippen LogP contribution in [0.4, 0.5) is 0 Å². The van der Waals surface area contributed by atoms with Gasteiger partial charge in [-0.05, 0) is 68.0 Å². The van der Waals surface area contributed by atoms with Crippen LogP contribution < -0.4 is 0 Å². The molecule has 0 aromatic heterocycles. The number of benzene rings is 2. The molecular formula is C26H31ClN2O2. The number of hydrogen-bond donors (Lipinski definition) is 0. The Balaban J connectivity index is 1.21. The average Bonchev–Trinajstić information content (AvgIpc) is 3.31. The standard InChI is InChI=1S/C26H31ClN2O2/c27-24-9-7-21(8-10-24)22-13-17-29(18-14-22)26(31)12-11-25(30)23-5-3-20(4-6-23)19-28-15-1-2-16-28/h3-10,22H,1-2,11-19H2. The molecule has 0 N–H and O–H groups in total. The number of piperidine rings is 1. The molecule has 164 valence electrons. The lowest BCUT2D eigenvalue weighted by atomic mass is 9.89. The van der Waals surface area contributed by atoms with Gasteiger partial charge in [0, 0.05) is 43.1 Å². The van der Waals surface area contributed by atoms with Crippen LogP contribution in [0, 0.1) is 0 Å². The third-order valence-electron chi connectivity index (χ3n) is 6.64. The first kappa shape index (κ1) is 22.0. The van der Waals surface area contributed by atoms with Crippen molar-refractivity contribution in [1.29, 1.82) is 0 Å². The third kappa shape index (κ3) is 5.96. The second kappa shape index (κ2) is 10.4. The van der Waals surface area contributed by atoms with Crippen LogP contribution in [0.15, 0.2) is 48.5 Å². The Morgan fingerprint density at radius 1 is 0.839 bits per heavy atom. The fourth-order valence-electron chi connectivity index (χ4n) is 4.72. The first-order chi connectivity index (χ1) is 15.1. The van der Waals surface area contributed by atoms with Crippen LogP contribution in [0.3, 0.4) is 0 Å². The Bertz CT molecular complexity index is 881. The van der Waals surface area contributed by atoms with Gasteiger partial charge in [0.15, 0.2) is 5.78 Å². The quantitative estimate of drug-likeness (QED) is 0.550. The SMILES string of the molecule is O=C(CCC(=O)N1CCC(c2ccc(Cl)cc2)CC1)c1ccc(CN2CCCC2)cc1. The van der Waals surface area contributed by atoms with E-state index in [2.05, 4.69) is 29.2 Å². The van der Waals surface area contributed by atoms with Gasteiger partial charge in [-0.2, -0.15) is 0 Å². The summed E-state index contributed by atoms with van der Waals surface area (Å²) in [4.78, 5) is 29.5. The van der Waals surface area contributed by atoms with Crippen LogP contribution in [0.5, 0.6) is 0 Å². The van der Waals surface area contributed by atoms with Crippen LogP contribution >= 0.6 is 11.6 Å². The van der Waals surface area contributed by atoms with E-state index in [1.807, 2.05) is 29.2 Å². The lowest BCUT2D eigenvalue weighted by Crippen LogP contribution is -2.38. The lowest BCUT2D eigenvalue weighted by Gasteiger charge is -2.32. The molecule has 4 nitrogen and oxygen atoms in total. The molecule has 2 aliphatic rings. The molecule has 0 spiro atoms. The van der Waals surface area contributed by atoms with Crippen molar-refractivity contribution in [2.45, 2.75) is 51.0 Å². The Labute approximate surface area is 190 Å². The van der Waals surface area contributed by atoms with E-state index in [-0.39, 0.29) is 18.1 Å². The number of carbonyl (C=O) groups excluding carboxylic acids is 2. The number of hydrogen-bond acceptors (Lipinski definition) is 3. The summed E-state index contributed by atoms with van der Waals surface area (Å²) in [6.07, 6.45) is 5.05. The van der Waals surface area contributed by atoms with Crippen molar-refractivity contribution in [2.75, 3.05) is 26.2 Å². The van der Waals surface area contributed by atoms with E-state index in [1.54, 1.807) is 0 Å². The predicted molar refractivity (Wildman–Crippen MR) is 125 cm³/mol. The van der Waals surface area contributed by atoms with Gasteiger partial charge >= 0.3 is 0 Å². The predicted octanol–water partition coefficient (Wildman–Crippen LogP) is 5.30. The zero-order chi connectivity index (χ0) is 21.6. The van der Waals surface area contributed by atoms with E-state index in [4.69, 9.17) is 11.6 Å². The number of amides is 1. The van der Waals surface area contributed by atoms with Crippen molar-refractivity contribution < 1.29 is 9.59 Å². The van der Waals surface area contributed by atoms with Gasteiger partial charge in [-0.3, -0.25) is 14.5 Å². The molecule has 2 fully saturated rings. The van der Waals surface area contributed by atoms with Gasteiger partial charge in [-0.1, -0.05) is 48.0 Å². The Hall–Kier alpha value is -2.17. The van der Waals surface area contributed by atoms with E-state index >= 15 is 0 Å². The largest absolute Gasteiger partial charge is 0.343 e. The van der Waals surface area contributed by atoms with Crippen LogP contribution in [-0.4, -0.2) is 47.7 Å². The maximum atomic E-state index is 12.6. The summed E-state index contributed by atoms with van der Waals surface area (Å²) in [5.41, 5.74) is 3.25. The summed E-state index contributed by atoms with van der Waals surface area (Å²) in [7, 11) is 0. The highest BCUT2D eigenvalue weighted by Crippen LogP contribution is 2.29. The van der Waals surface area contributed by atoms with Crippen molar-refractivity contribution in [3.05, 3.63) is 70.2 Å². The highest BCUT2D eigenvalue weighted by atomic mass is 35.5. The fourth-order valence-corrected chi connectivity index (χ4v) is 4.84. The second-order valence-corrected chi connectivity index (χ2v) is 9.25. The maximum Gasteiger partial charge on any atom is 0.223 e. The molecule has 2 heterocycles. The van der Waals surface area contributed by atoms with Crippen molar-refractivity contribution in [2.24, 2.45) is 0 Å². The first-order valence-electron chi connectivity index (χ1n) is 11.5. The topological polar surface area (TPSA) is 40.6 Å². The number of carbonyl (C=O) groups is 2. The molecule has 0 unspecified atom stereocenters. The van der Waals surface area contributed by atoms with Gasteiger partial charge in [-0.25, -0.2) is 0 Å².